The number of halogens is 2. The summed E-state index contributed by atoms with van der Waals surface area (Å²) in [5.41, 5.74) is 0. The van der Waals surface area contributed by atoms with Crippen molar-refractivity contribution in [3.63, 3.8) is 0 Å². The molecule has 5 heteroatoms. The highest BCUT2D eigenvalue weighted by Crippen LogP contribution is 2.21. The Morgan fingerprint density at radius 1 is 1.17 bits per heavy atom. The van der Waals surface area contributed by atoms with E-state index >= 15 is 0 Å². The van der Waals surface area contributed by atoms with Gasteiger partial charge in [0.1, 0.15) is 6.61 Å². The Hall–Kier alpha value is -0.650. The van der Waals surface area contributed by atoms with Crippen LogP contribution in [0.15, 0.2) is 22.7 Å². The van der Waals surface area contributed by atoms with E-state index in [0.29, 0.717) is 12.4 Å². The fraction of sp³-hybridized carbons (Fsp3) is 0.538. The molecule has 102 valence electrons. The van der Waals surface area contributed by atoms with E-state index in [2.05, 4.69) is 25.7 Å². The predicted molar refractivity (Wildman–Crippen MR) is 75.6 cm³/mol. The molecule has 1 rings (SSSR count). The Kier molecular flexibility index (Phi) is 6.60. The maximum Gasteiger partial charge on any atom is 0.166 e. The van der Waals surface area contributed by atoms with Gasteiger partial charge in [-0.25, -0.2) is 4.39 Å². The molecule has 0 aromatic heterocycles. The molecule has 1 aromatic rings. The molecule has 0 radical (unpaired) electrons. The lowest BCUT2D eigenvalue weighted by Crippen LogP contribution is -2.31. The van der Waals surface area contributed by atoms with Gasteiger partial charge in [-0.05, 0) is 39.3 Å². The molecule has 0 atom stereocenters. The first kappa shape index (κ1) is 15.4. The lowest BCUT2D eigenvalue weighted by atomic mass is 10.3. The normalized spacial score (nSPS) is 11.3. The Morgan fingerprint density at radius 2 is 1.89 bits per heavy atom. The van der Waals surface area contributed by atoms with Crippen LogP contribution in [-0.2, 0) is 0 Å². The van der Waals surface area contributed by atoms with Gasteiger partial charge >= 0.3 is 0 Å². The molecule has 0 amide bonds. The Bertz CT molecular complexity index is 374. The van der Waals surface area contributed by atoms with Gasteiger partial charge in [0.05, 0.1) is 0 Å². The van der Waals surface area contributed by atoms with Crippen molar-refractivity contribution in [3.8, 4) is 5.75 Å². The Morgan fingerprint density at radius 3 is 2.50 bits per heavy atom. The lowest BCUT2D eigenvalue weighted by Gasteiger charge is -2.19. The van der Waals surface area contributed by atoms with E-state index in [4.69, 9.17) is 4.74 Å². The van der Waals surface area contributed by atoms with Crippen LogP contribution in [0.1, 0.15) is 0 Å². The zero-order valence-corrected chi connectivity index (χ0v) is 12.7. The average Bonchev–Trinajstić information content (AvgIpc) is 2.29. The molecule has 0 unspecified atom stereocenters. The van der Waals surface area contributed by atoms with Crippen molar-refractivity contribution < 1.29 is 9.13 Å². The maximum atomic E-state index is 13.5. The van der Waals surface area contributed by atoms with Crippen molar-refractivity contribution in [3.05, 3.63) is 28.5 Å². The molecule has 0 N–H and O–H groups in total. The first-order chi connectivity index (χ1) is 8.49. The van der Waals surface area contributed by atoms with Crippen LogP contribution in [0.4, 0.5) is 4.39 Å². The molecule has 0 fully saturated rings. The van der Waals surface area contributed by atoms with Crippen molar-refractivity contribution in [2.75, 3.05) is 47.4 Å². The summed E-state index contributed by atoms with van der Waals surface area (Å²) in [6, 6.07) is 4.82. The van der Waals surface area contributed by atoms with Gasteiger partial charge in [-0.3, -0.25) is 0 Å². The third-order valence-electron chi connectivity index (χ3n) is 2.55. The third kappa shape index (κ3) is 5.80. The van der Waals surface area contributed by atoms with E-state index in [9.17, 15) is 4.39 Å². The summed E-state index contributed by atoms with van der Waals surface area (Å²) in [6.07, 6.45) is 0. The molecule has 3 nitrogen and oxygen atoms in total. The SMILES string of the molecule is CN(C)CCN(C)CCOc1ccc(Br)cc1F. The van der Waals surface area contributed by atoms with Crippen molar-refractivity contribution in [1.82, 2.24) is 9.80 Å². The smallest absolute Gasteiger partial charge is 0.166 e. The van der Waals surface area contributed by atoms with Gasteiger partial charge in [0, 0.05) is 24.1 Å². The minimum atomic E-state index is -0.333. The fourth-order valence-corrected chi connectivity index (χ4v) is 1.72. The van der Waals surface area contributed by atoms with Crippen LogP contribution in [0.25, 0.3) is 0 Å². The predicted octanol–water partition coefficient (Wildman–Crippen LogP) is 2.46. The number of rotatable bonds is 7. The van der Waals surface area contributed by atoms with Crippen LogP contribution < -0.4 is 4.74 Å². The summed E-state index contributed by atoms with van der Waals surface area (Å²) in [4.78, 5) is 4.29. The quantitative estimate of drug-likeness (QED) is 0.768. The molecular formula is C13H20BrFN2O. The van der Waals surface area contributed by atoms with Crippen LogP contribution in [0, 0.1) is 5.82 Å². The molecular weight excluding hydrogens is 299 g/mol. The standard InChI is InChI=1S/C13H20BrFN2O/c1-16(2)6-7-17(3)8-9-18-13-5-4-11(14)10-12(13)15/h4-5,10H,6-9H2,1-3H3. The summed E-state index contributed by atoms with van der Waals surface area (Å²) >= 11 is 3.21. The van der Waals surface area contributed by atoms with E-state index in [1.807, 2.05) is 21.1 Å². The average molecular weight is 319 g/mol. The summed E-state index contributed by atoms with van der Waals surface area (Å²) in [7, 11) is 6.12. The topological polar surface area (TPSA) is 15.7 Å². The summed E-state index contributed by atoms with van der Waals surface area (Å²) < 4.78 is 19.6. The first-order valence-corrected chi connectivity index (χ1v) is 6.69. The van der Waals surface area contributed by atoms with E-state index in [1.165, 1.54) is 6.07 Å². The third-order valence-corrected chi connectivity index (χ3v) is 3.05. The number of ether oxygens (including phenoxy) is 1. The van der Waals surface area contributed by atoms with E-state index in [1.54, 1.807) is 12.1 Å². The van der Waals surface area contributed by atoms with Crippen LogP contribution in [-0.4, -0.2) is 57.2 Å². The van der Waals surface area contributed by atoms with Gasteiger partial charge in [-0.15, -0.1) is 0 Å². The zero-order chi connectivity index (χ0) is 13.5. The molecule has 0 saturated carbocycles. The van der Waals surface area contributed by atoms with Crippen LogP contribution in [0.2, 0.25) is 0 Å². The second-order valence-electron chi connectivity index (χ2n) is 4.53. The maximum absolute atomic E-state index is 13.5. The number of likely N-dealkylation sites (N-methyl/N-ethyl adjacent to an activating group) is 2. The second-order valence-corrected chi connectivity index (χ2v) is 5.45. The number of nitrogens with zero attached hydrogens (tertiary/aromatic N) is 2. The van der Waals surface area contributed by atoms with Gasteiger partial charge in [0.15, 0.2) is 11.6 Å². The van der Waals surface area contributed by atoms with E-state index < -0.39 is 0 Å². The van der Waals surface area contributed by atoms with Crippen molar-refractivity contribution >= 4 is 15.9 Å². The molecule has 0 aliphatic heterocycles. The van der Waals surface area contributed by atoms with Crippen LogP contribution in [0.5, 0.6) is 5.75 Å². The number of hydrogen-bond acceptors (Lipinski definition) is 3. The van der Waals surface area contributed by atoms with Crippen LogP contribution in [0.3, 0.4) is 0 Å². The van der Waals surface area contributed by atoms with Gasteiger partial charge in [0.25, 0.3) is 0 Å². The minimum Gasteiger partial charge on any atom is -0.489 e. The lowest BCUT2D eigenvalue weighted by molar-refractivity contribution is 0.217. The molecule has 1 aromatic carbocycles. The largest absolute Gasteiger partial charge is 0.489 e. The minimum absolute atomic E-state index is 0.305. The van der Waals surface area contributed by atoms with Crippen LogP contribution >= 0.6 is 15.9 Å². The summed E-state index contributed by atoms with van der Waals surface area (Å²) in [5, 5.41) is 0. The van der Waals surface area contributed by atoms with Crippen molar-refractivity contribution in [2.24, 2.45) is 0 Å². The molecule has 0 aliphatic rings. The number of benzene rings is 1. The highest BCUT2D eigenvalue weighted by molar-refractivity contribution is 9.10. The molecule has 0 saturated heterocycles. The monoisotopic (exact) mass is 318 g/mol. The number of hydrogen-bond donors (Lipinski definition) is 0. The summed E-state index contributed by atoms with van der Waals surface area (Å²) in [6.45, 7) is 3.24. The highest BCUT2D eigenvalue weighted by Gasteiger charge is 2.05. The molecule has 0 aliphatic carbocycles. The molecule has 18 heavy (non-hydrogen) atoms. The molecule has 0 spiro atoms. The highest BCUT2D eigenvalue weighted by atomic mass is 79.9. The second kappa shape index (κ2) is 7.71. The van der Waals surface area contributed by atoms with Gasteiger partial charge < -0.3 is 14.5 Å². The Labute approximate surface area is 117 Å². The van der Waals surface area contributed by atoms with Crippen molar-refractivity contribution in [2.45, 2.75) is 0 Å². The molecule has 0 bridgehead atoms. The first-order valence-electron chi connectivity index (χ1n) is 5.90. The fourth-order valence-electron chi connectivity index (χ4n) is 1.39. The van der Waals surface area contributed by atoms with Gasteiger partial charge in [0.2, 0.25) is 0 Å². The van der Waals surface area contributed by atoms with Gasteiger partial charge in [-0.1, -0.05) is 15.9 Å². The molecule has 0 heterocycles. The van der Waals surface area contributed by atoms with E-state index in [0.717, 1.165) is 24.1 Å². The zero-order valence-electron chi connectivity index (χ0n) is 11.1. The summed E-state index contributed by atoms with van der Waals surface area (Å²) in [5.74, 6) is -0.0282. The van der Waals surface area contributed by atoms with Gasteiger partial charge in [-0.2, -0.15) is 0 Å². The van der Waals surface area contributed by atoms with Crippen molar-refractivity contribution in [1.29, 1.82) is 0 Å². The van der Waals surface area contributed by atoms with E-state index in [-0.39, 0.29) is 5.82 Å². The Balaban J connectivity index is 2.28.